The van der Waals surface area contributed by atoms with Crippen molar-refractivity contribution in [3.63, 3.8) is 0 Å². The maximum absolute atomic E-state index is 12.3. The smallest absolute Gasteiger partial charge is 0.222 e. The normalized spacial score (nSPS) is 21.7. The quantitative estimate of drug-likeness (QED) is 0.908. The molecular weight excluding hydrogens is 284 g/mol. The lowest BCUT2D eigenvalue weighted by atomic mass is 9.92. The minimum absolute atomic E-state index is 0. The number of piperidine rings is 1. The van der Waals surface area contributed by atoms with Gasteiger partial charge in [-0.3, -0.25) is 4.79 Å². The van der Waals surface area contributed by atoms with Gasteiger partial charge in [0.25, 0.3) is 0 Å². The number of halogens is 1. The van der Waals surface area contributed by atoms with Gasteiger partial charge in [0.15, 0.2) is 0 Å². The molecule has 1 amide bonds. The van der Waals surface area contributed by atoms with Crippen molar-refractivity contribution in [2.75, 3.05) is 13.1 Å². The van der Waals surface area contributed by atoms with Gasteiger partial charge in [0, 0.05) is 25.6 Å². The molecule has 0 radical (unpaired) electrons. The Morgan fingerprint density at radius 3 is 2.71 bits per heavy atom. The first-order valence-electron chi connectivity index (χ1n) is 7.74. The number of aryl methyl sites for hydroxylation is 1. The van der Waals surface area contributed by atoms with Crippen LogP contribution in [0, 0.1) is 5.92 Å². The van der Waals surface area contributed by atoms with Crippen LogP contribution < -0.4 is 5.73 Å². The second-order valence-corrected chi connectivity index (χ2v) is 5.95. The predicted octanol–water partition coefficient (Wildman–Crippen LogP) is 3.02. The van der Waals surface area contributed by atoms with E-state index in [1.54, 1.807) is 0 Å². The standard InChI is InChI=1S/C17H26N2O.ClH/c1-14-10-11-19(16(12-14)13-18)17(20)9-5-8-15-6-3-2-4-7-15;/h2-4,6-7,14,16H,5,8-13,18H2,1H3;1H. The van der Waals surface area contributed by atoms with Gasteiger partial charge < -0.3 is 10.6 Å². The molecule has 1 aliphatic rings. The fraction of sp³-hybridized carbons (Fsp3) is 0.588. The average Bonchev–Trinajstić information content (AvgIpc) is 2.48. The molecule has 0 bridgehead atoms. The molecule has 2 N–H and O–H groups in total. The van der Waals surface area contributed by atoms with Crippen molar-refractivity contribution >= 4 is 18.3 Å². The van der Waals surface area contributed by atoms with Gasteiger partial charge in [-0.05, 0) is 37.2 Å². The highest BCUT2D eigenvalue weighted by Gasteiger charge is 2.28. The average molecular weight is 311 g/mol. The predicted molar refractivity (Wildman–Crippen MR) is 89.6 cm³/mol. The highest BCUT2D eigenvalue weighted by Crippen LogP contribution is 2.23. The van der Waals surface area contributed by atoms with Crippen LogP contribution in [0.3, 0.4) is 0 Å². The minimum Gasteiger partial charge on any atom is -0.338 e. The summed E-state index contributed by atoms with van der Waals surface area (Å²) < 4.78 is 0. The van der Waals surface area contributed by atoms with E-state index in [9.17, 15) is 4.79 Å². The van der Waals surface area contributed by atoms with E-state index in [0.717, 1.165) is 32.2 Å². The Balaban J connectivity index is 0.00000220. The summed E-state index contributed by atoms with van der Waals surface area (Å²) in [7, 11) is 0. The first-order valence-corrected chi connectivity index (χ1v) is 7.74. The Labute approximate surface area is 134 Å². The molecule has 0 aliphatic carbocycles. The van der Waals surface area contributed by atoms with Gasteiger partial charge in [-0.2, -0.15) is 0 Å². The summed E-state index contributed by atoms with van der Waals surface area (Å²) in [6, 6.07) is 10.6. The van der Waals surface area contributed by atoms with Crippen LogP contribution >= 0.6 is 12.4 Å². The zero-order chi connectivity index (χ0) is 14.4. The molecule has 0 saturated carbocycles. The van der Waals surface area contributed by atoms with E-state index in [-0.39, 0.29) is 24.4 Å². The number of carbonyl (C=O) groups is 1. The van der Waals surface area contributed by atoms with Gasteiger partial charge in [-0.25, -0.2) is 0 Å². The van der Waals surface area contributed by atoms with Crippen molar-refractivity contribution in [1.82, 2.24) is 4.90 Å². The highest BCUT2D eigenvalue weighted by molar-refractivity contribution is 5.85. The van der Waals surface area contributed by atoms with E-state index < -0.39 is 0 Å². The molecule has 0 spiro atoms. The number of amides is 1. The number of hydrogen-bond acceptors (Lipinski definition) is 2. The van der Waals surface area contributed by atoms with Gasteiger partial charge in [-0.1, -0.05) is 37.3 Å². The van der Waals surface area contributed by atoms with Gasteiger partial charge in [0.2, 0.25) is 5.91 Å². The Bertz CT molecular complexity index is 424. The first-order chi connectivity index (χ1) is 9.70. The Hall–Kier alpha value is -1.06. The molecule has 2 atom stereocenters. The van der Waals surface area contributed by atoms with Crippen molar-refractivity contribution in [3.8, 4) is 0 Å². The van der Waals surface area contributed by atoms with Crippen LogP contribution in [0.4, 0.5) is 0 Å². The molecule has 3 nitrogen and oxygen atoms in total. The molecule has 1 aromatic rings. The number of likely N-dealkylation sites (tertiary alicyclic amines) is 1. The van der Waals surface area contributed by atoms with Crippen LogP contribution in [0.25, 0.3) is 0 Å². The topological polar surface area (TPSA) is 46.3 Å². The summed E-state index contributed by atoms with van der Waals surface area (Å²) >= 11 is 0. The van der Waals surface area contributed by atoms with Crippen molar-refractivity contribution in [2.24, 2.45) is 11.7 Å². The molecular formula is C17H27ClN2O. The van der Waals surface area contributed by atoms with Crippen molar-refractivity contribution < 1.29 is 4.79 Å². The Morgan fingerprint density at radius 1 is 1.33 bits per heavy atom. The lowest BCUT2D eigenvalue weighted by molar-refractivity contribution is -0.135. The molecule has 1 aromatic carbocycles. The van der Waals surface area contributed by atoms with Crippen LogP contribution in [0.1, 0.15) is 38.2 Å². The first kappa shape index (κ1) is 18.0. The van der Waals surface area contributed by atoms with Crippen molar-refractivity contribution in [2.45, 2.75) is 45.1 Å². The molecule has 1 heterocycles. The van der Waals surface area contributed by atoms with Gasteiger partial charge in [0.1, 0.15) is 0 Å². The second kappa shape index (κ2) is 9.06. The number of carbonyl (C=O) groups excluding carboxylic acids is 1. The monoisotopic (exact) mass is 310 g/mol. The van der Waals surface area contributed by atoms with Crippen LogP contribution in [-0.2, 0) is 11.2 Å². The lowest BCUT2D eigenvalue weighted by Crippen LogP contribution is -2.49. The maximum atomic E-state index is 12.3. The molecule has 0 aromatic heterocycles. The Morgan fingerprint density at radius 2 is 2.05 bits per heavy atom. The van der Waals surface area contributed by atoms with Crippen molar-refractivity contribution in [1.29, 1.82) is 0 Å². The number of benzene rings is 1. The third-order valence-corrected chi connectivity index (χ3v) is 4.27. The molecule has 21 heavy (non-hydrogen) atoms. The number of rotatable bonds is 5. The van der Waals surface area contributed by atoms with E-state index >= 15 is 0 Å². The fourth-order valence-electron chi connectivity index (χ4n) is 3.04. The van der Waals surface area contributed by atoms with Crippen LogP contribution in [-0.4, -0.2) is 29.9 Å². The van der Waals surface area contributed by atoms with E-state index in [0.29, 0.717) is 18.9 Å². The number of hydrogen-bond donors (Lipinski definition) is 1. The van der Waals surface area contributed by atoms with E-state index in [4.69, 9.17) is 5.73 Å². The zero-order valence-corrected chi connectivity index (χ0v) is 13.6. The maximum Gasteiger partial charge on any atom is 0.222 e. The summed E-state index contributed by atoms with van der Waals surface area (Å²) in [5.41, 5.74) is 7.13. The largest absolute Gasteiger partial charge is 0.338 e. The van der Waals surface area contributed by atoms with E-state index in [1.807, 2.05) is 23.1 Å². The summed E-state index contributed by atoms with van der Waals surface area (Å²) in [5, 5.41) is 0. The summed E-state index contributed by atoms with van der Waals surface area (Å²) in [6.45, 7) is 3.72. The molecule has 1 saturated heterocycles. The van der Waals surface area contributed by atoms with Crippen LogP contribution in [0.15, 0.2) is 30.3 Å². The SMILES string of the molecule is CC1CCN(C(=O)CCCc2ccccc2)C(CN)C1.Cl. The van der Waals surface area contributed by atoms with Crippen LogP contribution in [0.2, 0.25) is 0 Å². The van der Waals surface area contributed by atoms with Gasteiger partial charge in [0.05, 0.1) is 0 Å². The third kappa shape index (κ3) is 5.33. The molecule has 2 rings (SSSR count). The number of nitrogens with zero attached hydrogens (tertiary/aromatic N) is 1. The summed E-state index contributed by atoms with van der Waals surface area (Å²) in [6.07, 6.45) is 4.71. The Kier molecular flexibility index (Phi) is 7.76. The zero-order valence-electron chi connectivity index (χ0n) is 12.8. The van der Waals surface area contributed by atoms with E-state index in [1.165, 1.54) is 5.56 Å². The fourth-order valence-corrected chi connectivity index (χ4v) is 3.04. The second-order valence-electron chi connectivity index (χ2n) is 5.95. The van der Waals surface area contributed by atoms with E-state index in [2.05, 4.69) is 19.1 Å². The lowest BCUT2D eigenvalue weighted by Gasteiger charge is -2.38. The number of nitrogens with two attached hydrogens (primary N) is 1. The highest BCUT2D eigenvalue weighted by atomic mass is 35.5. The summed E-state index contributed by atoms with van der Waals surface area (Å²) in [5.74, 6) is 0.972. The molecule has 4 heteroatoms. The summed E-state index contributed by atoms with van der Waals surface area (Å²) in [4.78, 5) is 14.4. The molecule has 1 aliphatic heterocycles. The van der Waals surface area contributed by atoms with Crippen molar-refractivity contribution in [3.05, 3.63) is 35.9 Å². The third-order valence-electron chi connectivity index (χ3n) is 4.27. The molecule has 2 unspecified atom stereocenters. The van der Waals surface area contributed by atoms with Crippen LogP contribution in [0.5, 0.6) is 0 Å². The minimum atomic E-state index is 0. The molecule has 1 fully saturated rings. The molecule has 118 valence electrons. The van der Waals surface area contributed by atoms with Gasteiger partial charge >= 0.3 is 0 Å². The van der Waals surface area contributed by atoms with Gasteiger partial charge in [-0.15, -0.1) is 12.4 Å².